The van der Waals surface area contributed by atoms with E-state index in [1.165, 1.54) is 7.05 Å². The van der Waals surface area contributed by atoms with Crippen molar-refractivity contribution in [2.45, 2.75) is 39.3 Å². The standard InChI is InChI=1S/C13H23F3N2O3/c1-9(2)6-10(7-11(19)20)8-17-12(21)18(3)5-4-13(14,15)16/h9-10H,4-8H2,1-3H3,(H,17,21)(H,19,20)/t10-/m0/s1. The van der Waals surface area contributed by atoms with Gasteiger partial charge in [0.1, 0.15) is 0 Å². The molecule has 0 fully saturated rings. The Kier molecular flexibility index (Phi) is 8.12. The molecule has 21 heavy (non-hydrogen) atoms. The van der Waals surface area contributed by atoms with Gasteiger partial charge in [-0.1, -0.05) is 13.8 Å². The van der Waals surface area contributed by atoms with Crippen LogP contribution >= 0.6 is 0 Å². The predicted molar refractivity (Wildman–Crippen MR) is 71.9 cm³/mol. The molecule has 2 N–H and O–H groups in total. The number of aliphatic carboxylic acids is 1. The number of carbonyl (C=O) groups is 2. The third-order valence-electron chi connectivity index (χ3n) is 2.89. The molecular formula is C13H23F3N2O3. The fourth-order valence-corrected chi connectivity index (χ4v) is 1.92. The van der Waals surface area contributed by atoms with Crippen molar-refractivity contribution in [3.05, 3.63) is 0 Å². The van der Waals surface area contributed by atoms with Crippen LogP contribution in [0.5, 0.6) is 0 Å². The van der Waals surface area contributed by atoms with E-state index in [2.05, 4.69) is 5.32 Å². The van der Waals surface area contributed by atoms with Crippen molar-refractivity contribution < 1.29 is 27.9 Å². The predicted octanol–water partition coefficient (Wildman–Crippen LogP) is 2.72. The highest BCUT2D eigenvalue weighted by Crippen LogP contribution is 2.19. The quantitative estimate of drug-likeness (QED) is 0.724. The van der Waals surface area contributed by atoms with Crippen LogP contribution in [0, 0.1) is 11.8 Å². The normalized spacial score (nSPS) is 13.1. The van der Waals surface area contributed by atoms with Gasteiger partial charge in [0.2, 0.25) is 0 Å². The smallest absolute Gasteiger partial charge is 0.390 e. The van der Waals surface area contributed by atoms with Crippen LogP contribution in [0.1, 0.15) is 33.1 Å². The Hall–Kier alpha value is -1.47. The van der Waals surface area contributed by atoms with Crippen LogP contribution in [-0.4, -0.2) is 48.3 Å². The van der Waals surface area contributed by atoms with Gasteiger partial charge < -0.3 is 15.3 Å². The van der Waals surface area contributed by atoms with Gasteiger partial charge >= 0.3 is 18.2 Å². The number of urea groups is 1. The lowest BCUT2D eigenvalue weighted by molar-refractivity contribution is -0.138. The van der Waals surface area contributed by atoms with Crippen LogP contribution in [0.15, 0.2) is 0 Å². The van der Waals surface area contributed by atoms with E-state index in [9.17, 15) is 22.8 Å². The Morgan fingerprint density at radius 1 is 1.29 bits per heavy atom. The van der Waals surface area contributed by atoms with Gasteiger partial charge in [-0.05, 0) is 18.3 Å². The molecule has 5 nitrogen and oxygen atoms in total. The summed E-state index contributed by atoms with van der Waals surface area (Å²) in [7, 11) is 1.27. The number of alkyl halides is 3. The number of nitrogens with zero attached hydrogens (tertiary/aromatic N) is 1. The van der Waals surface area contributed by atoms with Crippen LogP contribution in [-0.2, 0) is 4.79 Å². The Morgan fingerprint density at radius 3 is 2.29 bits per heavy atom. The largest absolute Gasteiger partial charge is 0.481 e. The number of amides is 2. The average Bonchev–Trinajstić information content (AvgIpc) is 2.30. The monoisotopic (exact) mass is 312 g/mol. The molecule has 0 heterocycles. The molecule has 0 radical (unpaired) electrons. The summed E-state index contributed by atoms with van der Waals surface area (Å²) in [5.74, 6) is -0.919. The molecule has 8 heteroatoms. The summed E-state index contributed by atoms with van der Waals surface area (Å²) in [6.45, 7) is 3.58. The van der Waals surface area contributed by atoms with E-state index in [0.717, 1.165) is 4.90 Å². The molecule has 0 aliphatic rings. The molecule has 0 unspecified atom stereocenters. The minimum Gasteiger partial charge on any atom is -0.481 e. The number of nitrogens with one attached hydrogen (secondary N) is 1. The molecule has 0 aliphatic carbocycles. The average molecular weight is 312 g/mol. The molecule has 0 aromatic rings. The maximum absolute atomic E-state index is 12.1. The van der Waals surface area contributed by atoms with Crippen LogP contribution in [0.4, 0.5) is 18.0 Å². The summed E-state index contributed by atoms with van der Waals surface area (Å²) >= 11 is 0. The highest BCUT2D eigenvalue weighted by atomic mass is 19.4. The Bertz CT molecular complexity index is 346. The third-order valence-corrected chi connectivity index (χ3v) is 2.89. The summed E-state index contributed by atoms with van der Waals surface area (Å²) < 4.78 is 36.2. The van der Waals surface area contributed by atoms with Gasteiger partial charge in [0.05, 0.1) is 6.42 Å². The van der Waals surface area contributed by atoms with E-state index >= 15 is 0 Å². The molecule has 0 saturated heterocycles. The fraction of sp³-hybridized carbons (Fsp3) is 0.846. The second kappa shape index (κ2) is 8.74. The van der Waals surface area contributed by atoms with Crippen molar-refractivity contribution >= 4 is 12.0 Å². The molecular weight excluding hydrogens is 289 g/mol. The zero-order valence-corrected chi connectivity index (χ0v) is 12.5. The Morgan fingerprint density at radius 2 is 1.86 bits per heavy atom. The SMILES string of the molecule is CC(C)C[C@H](CNC(=O)N(C)CCC(F)(F)F)CC(=O)O. The molecule has 124 valence electrons. The zero-order chi connectivity index (χ0) is 16.6. The van der Waals surface area contributed by atoms with E-state index < -0.39 is 31.1 Å². The number of carboxylic acid groups (broad SMARTS) is 1. The topological polar surface area (TPSA) is 69.6 Å². The molecule has 1 atom stereocenters. The van der Waals surface area contributed by atoms with Gasteiger partial charge in [-0.2, -0.15) is 13.2 Å². The number of carboxylic acids is 1. The number of halogens is 3. The molecule has 0 spiro atoms. The lowest BCUT2D eigenvalue weighted by Gasteiger charge is -2.22. The van der Waals surface area contributed by atoms with Crippen LogP contribution in [0.2, 0.25) is 0 Å². The van der Waals surface area contributed by atoms with Crippen LogP contribution < -0.4 is 5.32 Å². The van der Waals surface area contributed by atoms with E-state index in [0.29, 0.717) is 6.42 Å². The summed E-state index contributed by atoms with van der Waals surface area (Å²) in [6.07, 6.45) is -4.83. The maximum atomic E-state index is 12.1. The van der Waals surface area contributed by atoms with Crippen LogP contribution in [0.3, 0.4) is 0 Å². The van der Waals surface area contributed by atoms with Crippen molar-refractivity contribution in [1.82, 2.24) is 10.2 Å². The van der Waals surface area contributed by atoms with Crippen molar-refractivity contribution in [3.8, 4) is 0 Å². The van der Waals surface area contributed by atoms with Gasteiger partial charge in [0.15, 0.2) is 0 Å². The van der Waals surface area contributed by atoms with Gasteiger partial charge in [-0.15, -0.1) is 0 Å². The van der Waals surface area contributed by atoms with E-state index in [-0.39, 0.29) is 24.8 Å². The van der Waals surface area contributed by atoms with Crippen molar-refractivity contribution in [2.24, 2.45) is 11.8 Å². The fourth-order valence-electron chi connectivity index (χ4n) is 1.92. The summed E-state index contributed by atoms with van der Waals surface area (Å²) in [5, 5.41) is 11.3. The molecule has 0 aliphatic heterocycles. The second-order valence-electron chi connectivity index (χ2n) is 5.57. The second-order valence-corrected chi connectivity index (χ2v) is 5.57. The molecule has 0 rings (SSSR count). The number of hydrogen-bond donors (Lipinski definition) is 2. The highest BCUT2D eigenvalue weighted by Gasteiger charge is 2.28. The Labute approximate surface area is 122 Å². The minimum absolute atomic E-state index is 0.0786. The lowest BCUT2D eigenvalue weighted by Crippen LogP contribution is -2.41. The van der Waals surface area contributed by atoms with Crippen LogP contribution in [0.25, 0.3) is 0 Å². The highest BCUT2D eigenvalue weighted by molar-refractivity contribution is 5.74. The number of carbonyl (C=O) groups excluding carboxylic acids is 1. The summed E-state index contributed by atoms with van der Waals surface area (Å²) in [5.41, 5.74) is 0. The van der Waals surface area contributed by atoms with E-state index in [1.807, 2.05) is 13.8 Å². The first kappa shape index (κ1) is 19.5. The summed E-state index contributed by atoms with van der Waals surface area (Å²) in [6, 6.07) is -0.626. The van der Waals surface area contributed by atoms with E-state index in [4.69, 9.17) is 5.11 Å². The van der Waals surface area contributed by atoms with E-state index in [1.54, 1.807) is 0 Å². The third kappa shape index (κ3) is 10.9. The van der Waals surface area contributed by atoms with Gasteiger partial charge in [-0.25, -0.2) is 4.79 Å². The maximum Gasteiger partial charge on any atom is 0.390 e. The number of rotatable bonds is 8. The molecule has 0 saturated carbocycles. The summed E-state index contributed by atoms with van der Waals surface area (Å²) in [4.78, 5) is 23.3. The van der Waals surface area contributed by atoms with Crippen molar-refractivity contribution in [3.63, 3.8) is 0 Å². The lowest BCUT2D eigenvalue weighted by atomic mass is 9.94. The first-order valence-electron chi connectivity index (χ1n) is 6.78. The minimum atomic E-state index is -4.31. The zero-order valence-electron chi connectivity index (χ0n) is 12.5. The first-order valence-corrected chi connectivity index (χ1v) is 6.78. The van der Waals surface area contributed by atoms with Gasteiger partial charge in [-0.3, -0.25) is 4.79 Å². The number of hydrogen-bond acceptors (Lipinski definition) is 2. The van der Waals surface area contributed by atoms with Crippen molar-refractivity contribution in [2.75, 3.05) is 20.1 Å². The Balaban J connectivity index is 4.25. The van der Waals surface area contributed by atoms with Gasteiger partial charge in [0, 0.05) is 26.6 Å². The molecule has 0 bridgehead atoms. The first-order chi connectivity index (χ1) is 9.51. The molecule has 2 amide bonds. The molecule has 0 aromatic carbocycles. The molecule has 0 aromatic heterocycles. The van der Waals surface area contributed by atoms with Gasteiger partial charge in [0.25, 0.3) is 0 Å². The van der Waals surface area contributed by atoms with Crippen molar-refractivity contribution in [1.29, 1.82) is 0 Å².